The average molecular weight is 442 g/mol. The molecule has 0 saturated carbocycles. The lowest BCUT2D eigenvalue weighted by atomic mass is 10.1. The van der Waals surface area contributed by atoms with Gasteiger partial charge in [0.25, 0.3) is 0 Å². The van der Waals surface area contributed by atoms with Gasteiger partial charge in [-0.2, -0.15) is 22.0 Å². The fourth-order valence-electron chi connectivity index (χ4n) is 2.65. The van der Waals surface area contributed by atoms with E-state index >= 15 is 0 Å². The Bertz CT molecular complexity index is 945. The molecule has 0 saturated heterocycles. The summed E-state index contributed by atoms with van der Waals surface area (Å²) in [5, 5.41) is 2.52. The minimum absolute atomic E-state index is 0.0995. The van der Waals surface area contributed by atoms with Crippen molar-refractivity contribution in [3.63, 3.8) is 0 Å². The van der Waals surface area contributed by atoms with Crippen molar-refractivity contribution in [2.75, 3.05) is 11.9 Å². The van der Waals surface area contributed by atoms with Crippen LogP contribution in [0.2, 0.25) is 0 Å². The molecule has 166 valence electrons. The molecule has 10 heteroatoms. The number of anilines is 1. The van der Waals surface area contributed by atoms with Crippen LogP contribution in [-0.2, 0) is 16.1 Å². The number of hydrogen-bond donors (Lipinski definition) is 1. The first kappa shape index (κ1) is 23.8. The molecule has 0 radical (unpaired) electrons. The van der Waals surface area contributed by atoms with Crippen molar-refractivity contribution in [1.29, 1.82) is 0 Å². The van der Waals surface area contributed by atoms with E-state index in [0.717, 1.165) is 6.08 Å². The number of carbonyl (C=O) groups excluding carboxylic acids is 2. The van der Waals surface area contributed by atoms with Crippen LogP contribution in [0.25, 0.3) is 6.08 Å². The summed E-state index contributed by atoms with van der Waals surface area (Å²) in [7, 11) is 0. The molecule has 0 bridgehead atoms. The first-order valence-electron chi connectivity index (χ1n) is 9.08. The van der Waals surface area contributed by atoms with E-state index in [1.165, 1.54) is 55.5 Å². The molecule has 2 rings (SSSR count). The third-order valence-corrected chi connectivity index (χ3v) is 4.03. The fourth-order valence-corrected chi connectivity index (χ4v) is 2.65. The Kier molecular flexibility index (Phi) is 8.12. The lowest BCUT2D eigenvalue weighted by Gasteiger charge is -2.22. The first-order chi connectivity index (χ1) is 14.6. The zero-order valence-corrected chi connectivity index (χ0v) is 16.3. The number of halogens is 5. The van der Waals surface area contributed by atoms with Gasteiger partial charge in [-0.25, -0.2) is 0 Å². The van der Waals surface area contributed by atoms with E-state index in [2.05, 4.69) is 10.1 Å². The Morgan fingerprint density at radius 3 is 2.48 bits per heavy atom. The van der Waals surface area contributed by atoms with Gasteiger partial charge in [-0.1, -0.05) is 30.3 Å². The highest BCUT2D eigenvalue weighted by Crippen LogP contribution is 2.22. The van der Waals surface area contributed by atoms with Crippen LogP contribution in [-0.4, -0.2) is 36.0 Å². The molecule has 5 nitrogen and oxygen atoms in total. The van der Waals surface area contributed by atoms with Gasteiger partial charge in [0.1, 0.15) is 5.75 Å². The van der Waals surface area contributed by atoms with Crippen LogP contribution >= 0.6 is 0 Å². The smallest absolute Gasteiger partial charge is 0.434 e. The van der Waals surface area contributed by atoms with Gasteiger partial charge in [0.2, 0.25) is 5.91 Å². The zero-order valence-electron chi connectivity index (χ0n) is 16.3. The highest BCUT2D eigenvalue weighted by Gasteiger charge is 2.41. The molecule has 0 aliphatic rings. The SMILES string of the molecule is CCN(Cc1cccc(NC(=O)/C=C/c2ccccc2OC(F)F)c1)C(=O)C(F)(F)F. The molecule has 1 N–H and O–H groups in total. The lowest BCUT2D eigenvalue weighted by molar-refractivity contribution is -0.185. The predicted octanol–water partition coefficient (Wildman–Crippen LogP) is 4.85. The molecule has 0 aromatic heterocycles. The maximum atomic E-state index is 12.7. The summed E-state index contributed by atoms with van der Waals surface area (Å²) < 4.78 is 67.2. The summed E-state index contributed by atoms with van der Waals surface area (Å²) in [5.41, 5.74) is 0.938. The van der Waals surface area contributed by atoms with Crippen LogP contribution in [0.3, 0.4) is 0 Å². The second-order valence-electron chi connectivity index (χ2n) is 6.26. The highest BCUT2D eigenvalue weighted by atomic mass is 19.4. The molecule has 2 amide bonds. The summed E-state index contributed by atoms with van der Waals surface area (Å²) in [4.78, 5) is 24.2. The Hall–Kier alpha value is -3.43. The van der Waals surface area contributed by atoms with Crippen molar-refractivity contribution in [3.8, 4) is 5.75 Å². The summed E-state index contributed by atoms with van der Waals surface area (Å²) in [6.45, 7) is -2.02. The van der Waals surface area contributed by atoms with Crippen molar-refractivity contribution in [2.24, 2.45) is 0 Å². The maximum absolute atomic E-state index is 12.7. The summed E-state index contributed by atoms with van der Waals surface area (Å²) in [5.74, 6) is -2.64. The van der Waals surface area contributed by atoms with Crippen LogP contribution in [0.15, 0.2) is 54.6 Å². The number of carbonyl (C=O) groups is 2. The van der Waals surface area contributed by atoms with Crippen LogP contribution in [0.5, 0.6) is 5.75 Å². The van der Waals surface area contributed by atoms with E-state index < -0.39 is 24.6 Å². The average Bonchev–Trinajstić information content (AvgIpc) is 2.70. The van der Waals surface area contributed by atoms with Crippen molar-refractivity contribution in [3.05, 3.63) is 65.7 Å². The number of nitrogens with one attached hydrogen (secondary N) is 1. The van der Waals surface area contributed by atoms with Gasteiger partial charge in [-0.3, -0.25) is 9.59 Å². The maximum Gasteiger partial charge on any atom is 0.471 e. The van der Waals surface area contributed by atoms with E-state index in [-0.39, 0.29) is 24.4 Å². The molecule has 0 atom stereocenters. The number of ether oxygens (including phenoxy) is 1. The molecule has 2 aromatic rings. The van der Waals surface area contributed by atoms with E-state index in [9.17, 15) is 31.5 Å². The second kappa shape index (κ2) is 10.6. The van der Waals surface area contributed by atoms with Gasteiger partial charge in [-0.15, -0.1) is 0 Å². The molecule has 2 aromatic carbocycles. The molecular formula is C21H19F5N2O3. The monoisotopic (exact) mass is 442 g/mol. The Morgan fingerprint density at radius 1 is 1.13 bits per heavy atom. The minimum atomic E-state index is -4.98. The number of rotatable bonds is 8. The number of nitrogens with zero attached hydrogens (tertiary/aromatic N) is 1. The Balaban J connectivity index is 2.07. The summed E-state index contributed by atoms with van der Waals surface area (Å²) in [6, 6.07) is 11.9. The quantitative estimate of drug-likeness (QED) is 0.470. The zero-order chi connectivity index (χ0) is 23.0. The van der Waals surface area contributed by atoms with Crippen molar-refractivity contribution in [1.82, 2.24) is 4.90 Å². The van der Waals surface area contributed by atoms with Crippen LogP contribution in [0, 0.1) is 0 Å². The molecule has 0 heterocycles. The molecule has 31 heavy (non-hydrogen) atoms. The highest BCUT2D eigenvalue weighted by molar-refractivity contribution is 6.02. The van der Waals surface area contributed by atoms with Gasteiger partial charge in [0.05, 0.1) is 0 Å². The first-order valence-corrected chi connectivity index (χ1v) is 9.08. The third kappa shape index (κ3) is 7.40. The largest absolute Gasteiger partial charge is 0.471 e. The van der Waals surface area contributed by atoms with Gasteiger partial charge in [0, 0.05) is 30.4 Å². The fraction of sp³-hybridized carbons (Fsp3) is 0.238. The number of para-hydroxylation sites is 1. The molecular weight excluding hydrogens is 423 g/mol. The van der Waals surface area contributed by atoms with Gasteiger partial charge in [0.15, 0.2) is 0 Å². The second-order valence-corrected chi connectivity index (χ2v) is 6.26. The number of hydrogen-bond acceptors (Lipinski definition) is 3. The standard InChI is InChI=1S/C21H19F5N2O3/c1-2-28(19(30)21(24,25)26)13-14-6-5-8-16(12-14)27-18(29)11-10-15-7-3-4-9-17(15)31-20(22)23/h3-12,20H,2,13H2,1H3,(H,27,29)/b11-10+. The lowest BCUT2D eigenvalue weighted by Crippen LogP contribution is -2.40. The van der Waals surface area contributed by atoms with Crippen molar-refractivity contribution >= 4 is 23.6 Å². The minimum Gasteiger partial charge on any atom is -0.434 e. The third-order valence-electron chi connectivity index (χ3n) is 4.03. The van der Waals surface area contributed by atoms with E-state index in [1.807, 2.05) is 0 Å². The normalized spacial score (nSPS) is 11.6. The van der Waals surface area contributed by atoms with Crippen LogP contribution < -0.4 is 10.1 Å². The topological polar surface area (TPSA) is 58.6 Å². The van der Waals surface area contributed by atoms with Crippen molar-refractivity contribution in [2.45, 2.75) is 26.3 Å². The van der Waals surface area contributed by atoms with Crippen LogP contribution in [0.1, 0.15) is 18.1 Å². The number of benzene rings is 2. The Labute approximate surface area is 175 Å². The molecule has 0 fully saturated rings. The summed E-state index contributed by atoms with van der Waals surface area (Å²) in [6.07, 6.45) is -2.58. The van der Waals surface area contributed by atoms with E-state index in [0.29, 0.717) is 16.2 Å². The van der Waals surface area contributed by atoms with Crippen molar-refractivity contribution < 1.29 is 36.3 Å². The molecule has 0 aliphatic carbocycles. The molecule has 0 spiro atoms. The van der Waals surface area contributed by atoms with E-state index in [4.69, 9.17) is 0 Å². The summed E-state index contributed by atoms with van der Waals surface area (Å²) >= 11 is 0. The predicted molar refractivity (Wildman–Crippen MR) is 104 cm³/mol. The van der Waals surface area contributed by atoms with E-state index in [1.54, 1.807) is 6.07 Å². The molecule has 0 aliphatic heterocycles. The van der Waals surface area contributed by atoms with Gasteiger partial charge in [-0.05, 0) is 36.8 Å². The Morgan fingerprint density at radius 2 is 1.84 bits per heavy atom. The van der Waals surface area contributed by atoms with Gasteiger partial charge < -0.3 is 15.0 Å². The molecule has 0 unspecified atom stereocenters. The number of amides is 2. The van der Waals surface area contributed by atoms with Gasteiger partial charge >= 0.3 is 18.7 Å². The number of alkyl halides is 5. The van der Waals surface area contributed by atoms with Crippen LogP contribution in [0.4, 0.5) is 27.6 Å².